The fraction of sp³-hybridized carbons (Fsp3) is 0.739. The van der Waals surface area contributed by atoms with Gasteiger partial charge in [-0.25, -0.2) is 0 Å². The Labute approximate surface area is 175 Å². The lowest BCUT2D eigenvalue weighted by Crippen LogP contribution is -2.41. The number of allylic oxidation sites excluding steroid dienone is 4. The van der Waals surface area contributed by atoms with E-state index in [1.54, 1.807) is 0 Å². The summed E-state index contributed by atoms with van der Waals surface area (Å²) in [6.45, 7) is 7.20. The second kappa shape index (κ2) is 9.83. The second-order valence-corrected chi connectivity index (χ2v) is 9.42. The van der Waals surface area contributed by atoms with E-state index >= 15 is 0 Å². The Kier molecular flexibility index (Phi) is 7.46. The number of carbonyl (C=O) groups excluding carboxylic acids is 1. The quantitative estimate of drug-likeness (QED) is 0.611. The van der Waals surface area contributed by atoms with Crippen LogP contribution >= 0.6 is 11.6 Å². The molecular formula is C23H34ClN3O. The summed E-state index contributed by atoms with van der Waals surface area (Å²) in [5.74, 6) is 1.27. The largest absolute Gasteiger partial charge is 0.370 e. The van der Waals surface area contributed by atoms with Crippen LogP contribution in [-0.2, 0) is 4.79 Å². The molecule has 1 heterocycles. The van der Waals surface area contributed by atoms with Crippen molar-refractivity contribution in [1.82, 2.24) is 9.80 Å². The average Bonchev–Trinajstić information content (AvgIpc) is 3.18. The molecule has 1 saturated carbocycles. The SMILES string of the molecule is CC(C)CCN(C1=CC(Cl)=C(C#N)CC1)C1CCN(C(=O)C2CCCCC2)C1. The highest BCUT2D eigenvalue weighted by Gasteiger charge is 2.35. The molecule has 1 unspecified atom stereocenters. The molecule has 0 bridgehead atoms. The zero-order valence-corrected chi connectivity index (χ0v) is 18.2. The number of nitrogens with zero attached hydrogens (tertiary/aromatic N) is 3. The Bertz CT molecular complexity index is 670. The molecule has 0 aromatic carbocycles. The van der Waals surface area contributed by atoms with Crippen LogP contribution in [0.2, 0.25) is 0 Å². The fourth-order valence-corrected chi connectivity index (χ4v) is 5.04. The van der Waals surface area contributed by atoms with Crippen LogP contribution in [0.5, 0.6) is 0 Å². The van der Waals surface area contributed by atoms with E-state index in [9.17, 15) is 10.1 Å². The number of hydrogen-bond donors (Lipinski definition) is 0. The Balaban J connectivity index is 1.70. The van der Waals surface area contributed by atoms with Crippen molar-refractivity contribution < 1.29 is 4.79 Å². The second-order valence-electron chi connectivity index (χ2n) is 9.01. The average molecular weight is 404 g/mol. The zero-order valence-electron chi connectivity index (χ0n) is 17.4. The molecule has 3 aliphatic rings. The maximum absolute atomic E-state index is 13.0. The van der Waals surface area contributed by atoms with Gasteiger partial charge in [-0.1, -0.05) is 44.7 Å². The molecule has 28 heavy (non-hydrogen) atoms. The highest BCUT2D eigenvalue weighted by atomic mass is 35.5. The Morgan fingerprint density at radius 3 is 2.68 bits per heavy atom. The molecule has 1 atom stereocenters. The van der Waals surface area contributed by atoms with Gasteiger partial charge in [0.1, 0.15) is 0 Å². The predicted octanol–water partition coefficient (Wildman–Crippen LogP) is 5.21. The molecule has 1 saturated heterocycles. The van der Waals surface area contributed by atoms with E-state index in [0.29, 0.717) is 28.5 Å². The number of likely N-dealkylation sites (tertiary alicyclic amines) is 1. The van der Waals surface area contributed by atoms with E-state index in [1.165, 1.54) is 25.0 Å². The van der Waals surface area contributed by atoms with E-state index in [0.717, 1.165) is 58.2 Å². The van der Waals surface area contributed by atoms with Gasteiger partial charge in [-0.3, -0.25) is 4.79 Å². The molecule has 0 aromatic rings. The van der Waals surface area contributed by atoms with Crippen LogP contribution in [0, 0.1) is 23.2 Å². The number of hydrogen-bond acceptors (Lipinski definition) is 3. The molecule has 0 N–H and O–H groups in total. The van der Waals surface area contributed by atoms with Crippen molar-refractivity contribution in [3.05, 3.63) is 22.4 Å². The summed E-state index contributed by atoms with van der Waals surface area (Å²) < 4.78 is 0. The predicted molar refractivity (Wildman–Crippen MR) is 114 cm³/mol. The van der Waals surface area contributed by atoms with Crippen molar-refractivity contribution >= 4 is 17.5 Å². The van der Waals surface area contributed by atoms with Gasteiger partial charge in [-0.05, 0) is 50.5 Å². The van der Waals surface area contributed by atoms with Crippen molar-refractivity contribution in [2.24, 2.45) is 11.8 Å². The Hall–Kier alpha value is -1.47. The van der Waals surface area contributed by atoms with Gasteiger partial charge < -0.3 is 9.80 Å². The minimum Gasteiger partial charge on any atom is -0.370 e. The summed E-state index contributed by atoms with van der Waals surface area (Å²) in [7, 11) is 0. The molecule has 4 nitrogen and oxygen atoms in total. The van der Waals surface area contributed by atoms with Crippen LogP contribution in [0.3, 0.4) is 0 Å². The normalized spacial score (nSPS) is 23.8. The summed E-state index contributed by atoms with van der Waals surface area (Å²) in [6.07, 6.45) is 11.6. The van der Waals surface area contributed by atoms with Gasteiger partial charge in [0.25, 0.3) is 0 Å². The van der Waals surface area contributed by atoms with Gasteiger partial charge in [0.05, 0.1) is 11.1 Å². The minimum atomic E-state index is 0.251. The zero-order chi connectivity index (χ0) is 20.1. The van der Waals surface area contributed by atoms with E-state index in [-0.39, 0.29) is 5.92 Å². The molecule has 2 aliphatic carbocycles. The number of amides is 1. The van der Waals surface area contributed by atoms with Crippen molar-refractivity contribution in [2.45, 2.75) is 77.7 Å². The van der Waals surface area contributed by atoms with Gasteiger partial charge >= 0.3 is 0 Å². The lowest BCUT2D eigenvalue weighted by molar-refractivity contribution is -0.135. The molecule has 1 amide bonds. The monoisotopic (exact) mass is 403 g/mol. The lowest BCUT2D eigenvalue weighted by atomic mass is 9.88. The first-order chi connectivity index (χ1) is 13.5. The first kappa shape index (κ1) is 21.2. The molecular weight excluding hydrogens is 370 g/mol. The van der Waals surface area contributed by atoms with Crippen LogP contribution in [0.15, 0.2) is 22.4 Å². The molecule has 1 aliphatic heterocycles. The summed E-state index contributed by atoms with van der Waals surface area (Å²) in [6, 6.07) is 2.59. The number of halogens is 1. The minimum absolute atomic E-state index is 0.251. The number of rotatable bonds is 6. The smallest absolute Gasteiger partial charge is 0.225 e. The van der Waals surface area contributed by atoms with Gasteiger partial charge in [0.15, 0.2) is 0 Å². The van der Waals surface area contributed by atoms with Crippen LogP contribution in [0.1, 0.15) is 71.6 Å². The first-order valence-electron chi connectivity index (χ1n) is 11.0. The lowest BCUT2D eigenvalue weighted by Gasteiger charge is -2.35. The summed E-state index contributed by atoms with van der Waals surface area (Å²) in [5.41, 5.74) is 1.93. The summed E-state index contributed by atoms with van der Waals surface area (Å²) in [5, 5.41) is 9.80. The highest BCUT2D eigenvalue weighted by molar-refractivity contribution is 6.32. The third kappa shape index (κ3) is 5.11. The van der Waals surface area contributed by atoms with Crippen LogP contribution < -0.4 is 0 Å². The number of nitriles is 1. The molecule has 154 valence electrons. The van der Waals surface area contributed by atoms with Crippen molar-refractivity contribution in [3.8, 4) is 6.07 Å². The number of carbonyl (C=O) groups is 1. The van der Waals surface area contributed by atoms with Gasteiger partial charge in [0.2, 0.25) is 5.91 Å². The highest BCUT2D eigenvalue weighted by Crippen LogP contribution is 2.33. The summed E-state index contributed by atoms with van der Waals surface area (Å²) >= 11 is 6.36. The van der Waals surface area contributed by atoms with Gasteiger partial charge in [0, 0.05) is 42.9 Å². The van der Waals surface area contributed by atoms with E-state index in [2.05, 4.69) is 29.7 Å². The van der Waals surface area contributed by atoms with Crippen molar-refractivity contribution in [1.29, 1.82) is 5.26 Å². The maximum Gasteiger partial charge on any atom is 0.225 e. The Morgan fingerprint density at radius 2 is 2.04 bits per heavy atom. The third-order valence-electron chi connectivity index (χ3n) is 6.53. The topological polar surface area (TPSA) is 47.3 Å². The summed E-state index contributed by atoms with van der Waals surface area (Å²) in [4.78, 5) is 17.6. The van der Waals surface area contributed by atoms with E-state index in [1.807, 2.05) is 6.08 Å². The van der Waals surface area contributed by atoms with Crippen molar-refractivity contribution in [2.75, 3.05) is 19.6 Å². The van der Waals surface area contributed by atoms with Crippen LogP contribution in [0.4, 0.5) is 0 Å². The van der Waals surface area contributed by atoms with E-state index in [4.69, 9.17) is 11.6 Å². The fourth-order valence-electron chi connectivity index (χ4n) is 4.78. The molecule has 5 heteroatoms. The van der Waals surface area contributed by atoms with E-state index < -0.39 is 0 Å². The van der Waals surface area contributed by atoms with Gasteiger partial charge in [-0.15, -0.1) is 0 Å². The van der Waals surface area contributed by atoms with Gasteiger partial charge in [-0.2, -0.15) is 5.26 Å². The standard InChI is InChI=1S/C23H34ClN3O/c1-17(2)10-13-27(20-9-8-19(15-25)22(24)14-20)21-11-12-26(16-21)23(28)18-6-4-3-5-7-18/h14,17-18,21H,3-13,16H2,1-2H3. The van der Waals surface area contributed by atoms with Crippen molar-refractivity contribution in [3.63, 3.8) is 0 Å². The molecule has 0 spiro atoms. The molecule has 3 rings (SSSR count). The Morgan fingerprint density at radius 1 is 1.29 bits per heavy atom. The maximum atomic E-state index is 13.0. The molecule has 0 aromatic heterocycles. The molecule has 0 radical (unpaired) electrons. The van der Waals surface area contributed by atoms with Crippen LogP contribution in [-0.4, -0.2) is 41.4 Å². The van der Waals surface area contributed by atoms with Crippen LogP contribution in [0.25, 0.3) is 0 Å². The first-order valence-corrected chi connectivity index (χ1v) is 11.4. The third-order valence-corrected chi connectivity index (χ3v) is 6.87. The molecule has 2 fully saturated rings.